The Kier molecular flexibility index (Phi) is 3.89. The number of hydrogen-bond acceptors (Lipinski definition) is 3. The van der Waals surface area contributed by atoms with Crippen LogP contribution in [0, 0.1) is 20.8 Å². The molecule has 0 aliphatic carbocycles. The first kappa shape index (κ1) is 14.3. The SMILES string of the molecule is COc1c(C)cc(-c2cc(C)c(OC)c(N)c2)cc1C. The van der Waals surface area contributed by atoms with Crippen molar-refractivity contribution in [3.8, 4) is 22.6 Å². The van der Waals surface area contributed by atoms with Crippen LogP contribution in [0.2, 0.25) is 0 Å². The van der Waals surface area contributed by atoms with Gasteiger partial charge >= 0.3 is 0 Å². The Morgan fingerprint density at radius 2 is 1.10 bits per heavy atom. The molecule has 0 fully saturated rings. The van der Waals surface area contributed by atoms with Gasteiger partial charge < -0.3 is 15.2 Å². The molecular weight excluding hydrogens is 250 g/mol. The highest BCUT2D eigenvalue weighted by Gasteiger charge is 2.10. The average Bonchev–Trinajstić information content (AvgIpc) is 2.37. The molecule has 0 bridgehead atoms. The Hall–Kier alpha value is -2.16. The molecular formula is C17H21NO2. The summed E-state index contributed by atoms with van der Waals surface area (Å²) in [5.41, 5.74) is 12.2. The van der Waals surface area contributed by atoms with Crippen LogP contribution in [0.4, 0.5) is 5.69 Å². The first-order valence-corrected chi connectivity index (χ1v) is 6.57. The average molecular weight is 271 g/mol. The van der Waals surface area contributed by atoms with Crippen LogP contribution in [0.15, 0.2) is 24.3 Å². The number of anilines is 1. The van der Waals surface area contributed by atoms with Gasteiger partial charge in [-0.05, 0) is 72.9 Å². The standard InChI is InChI=1S/C17H21NO2/c1-10-6-13(7-11(2)16(10)19-4)14-8-12(3)17(20-5)15(18)9-14/h6-9H,18H2,1-5H3. The van der Waals surface area contributed by atoms with Crippen LogP contribution in [0.1, 0.15) is 16.7 Å². The third-order valence-corrected chi connectivity index (χ3v) is 3.51. The molecule has 0 amide bonds. The molecule has 0 spiro atoms. The Bertz CT molecular complexity index is 544. The molecule has 3 nitrogen and oxygen atoms in total. The highest BCUT2D eigenvalue weighted by molar-refractivity contribution is 5.74. The van der Waals surface area contributed by atoms with E-state index in [9.17, 15) is 0 Å². The minimum atomic E-state index is 0.661. The first-order chi connectivity index (χ1) is 9.47. The van der Waals surface area contributed by atoms with Gasteiger partial charge in [0.1, 0.15) is 11.5 Å². The molecule has 0 aliphatic rings. The van der Waals surface area contributed by atoms with Crippen molar-refractivity contribution >= 4 is 5.69 Å². The van der Waals surface area contributed by atoms with Crippen LogP contribution in [0.3, 0.4) is 0 Å². The van der Waals surface area contributed by atoms with Crippen molar-refractivity contribution in [1.82, 2.24) is 0 Å². The third kappa shape index (κ3) is 2.44. The molecule has 0 heterocycles. The number of rotatable bonds is 3. The van der Waals surface area contributed by atoms with Crippen molar-refractivity contribution in [2.75, 3.05) is 20.0 Å². The fourth-order valence-corrected chi connectivity index (χ4v) is 2.69. The number of aryl methyl sites for hydroxylation is 3. The van der Waals surface area contributed by atoms with E-state index in [4.69, 9.17) is 15.2 Å². The minimum absolute atomic E-state index is 0.661. The van der Waals surface area contributed by atoms with Gasteiger partial charge in [-0.3, -0.25) is 0 Å². The van der Waals surface area contributed by atoms with Gasteiger partial charge in [0.15, 0.2) is 0 Å². The summed E-state index contributed by atoms with van der Waals surface area (Å²) in [6, 6.07) is 8.28. The molecule has 0 saturated heterocycles. The van der Waals surface area contributed by atoms with Crippen LogP contribution in [0.5, 0.6) is 11.5 Å². The van der Waals surface area contributed by atoms with Gasteiger partial charge in [0.05, 0.1) is 19.9 Å². The van der Waals surface area contributed by atoms with Gasteiger partial charge in [-0.1, -0.05) is 0 Å². The Labute approximate surface area is 120 Å². The van der Waals surface area contributed by atoms with Gasteiger partial charge in [0.25, 0.3) is 0 Å². The number of ether oxygens (including phenoxy) is 2. The van der Waals surface area contributed by atoms with Gasteiger partial charge in [0, 0.05) is 0 Å². The second kappa shape index (κ2) is 5.45. The van der Waals surface area contributed by atoms with E-state index in [1.165, 1.54) is 0 Å². The van der Waals surface area contributed by atoms with Gasteiger partial charge in [0.2, 0.25) is 0 Å². The Balaban J connectivity index is 2.58. The molecule has 2 aromatic rings. The van der Waals surface area contributed by atoms with E-state index in [0.29, 0.717) is 5.69 Å². The summed E-state index contributed by atoms with van der Waals surface area (Å²) in [4.78, 5) is 0. The summed E-state index contributed by atoms with van der Waals surface area (Å²) < 4.78 is 10.7. The second-order valence-corrected chi connectivity index (χ2v) is 5.06. The van der Waals surface area contributed by atoms with E-state index in [-0.39, 0.29) is 0 Å². The van der Waals surface area contributed by atoms with Gasteiger partial charge in [-0.2, -0.15) is 0 Å². The molecule has 20 heavy (non-hydrogen) atoms. The summed E-state index contributed by atoms with van der Waals surface area (Å²) in [7, 11) is 3.34. The molecule has 0 aromatic heterocycles. The van der Waals surface area contributed by atoms with E-state index in [0.717, 1.165) is 39.3 Å². The molecule has 0 unspecified atom stereocenters. The molecule has 106 valence electrons. The quantitative estimate of drug-likeness (QED) is 0.862. The molecule has 2 rings (SSSR count). The van der Waals surface area contributed by atoms with Crippen LogP contribution in [-0.2, 0) is 0 Å². The highest BCUT2D eigenvalue weighted by atomic mass is 16.5. The largest absolute Gasteiger partial charge is 0.496 e. The van der Waals surface area contributed by atoms with Crippen molar-refractivity contribution in [2.45, 2.75) is 20.8 Å². The van der Waals surface area contributed by atoms with Crippen LogP contribution >= 0.6 is 0 Å². The monoisotopic (exact) mass is 271 g/mol. The van der Waals surface area contributed by atoms with Crippen molar-refractivity contribution in [2.24, 2.45) is 0 Å². The molecule has 2 N–H and O–H groups in total. The first-order valence-electron chi connectivity index (χ1n) is 6.57. The Morgan fingerprint density at radius 1 is 0.700 bits per heavy atom. The summed E-state index contributed by atoms with van der Waals surface area (Å²) in [5.74, 6) is 1.68. The summed E-state index contributed by atoms with van der Waals surface area (Å²) in [6.45, 7) is 6.10. The highest BCUT2D eigenvalue weighted by Crippen LogP contribution is 2.35. The molecule has 0 atom stereocenters. The van der Waals surface area contributed by atoms with E-state index in [1.807, 2.05) is 13.0 Å². The summed E-state index contributed by atoms with van der Waals surface area (Å²) in [6.07, 6.45) is 0. The van der Waals surface area contributed by atoms with E-state index in [1.54, 1.807) is 14.2 Å². The maximum atomic E-state index is 6.05. The maximum absolute atomic E-state index is 6.05. The second-order valence-electron chi connectivity index (χ2n) is 5.06. The lowest BCUT2D eigenvalue weighted by Gasteiger charge is -2.14. The molecule has 3 heteroatoms. The number of nitrogens with two attached hydrogens (primary N) is 1. The van der Waals surface area contributed by atoms with E-state index in [2.05, 4.69) is 32.0 Å². The van der Waals surface area contributed by atoms with Crippen LogP contribution < -0.4 is 15.2 Å². The number of methoxy groups -OCH3 is 2. The smallest absolute Gasteiger partial charge is 0.144 e. The van der Waals surface area contributed by atoms with Gasteiger partial charge in [-0.25, -0.2) is 0 Å². The fraction of sp³-hybridized carbons (Fsp3) is 0.294. The topological polar surface area (TPSA) is 44.5 Å². The van der Waals surface area contributed by atoms with Crippen molar-refractivity contribution in [3.63, 3.8) is 0 Å². The lowest BCUT2D eigenvalue weighted by molar-refractivity contribution is 0.408. The summed E-state index contributed by atoms with van der Waals surface area (Å²) >= 11 is 0. The molecule has 0 saturated carbocycles. The predicted molar refractivity (Wildman–Crippen MR) is 83.6 cm³/mol. The van der Waals surface area contributed by atoms with Crippen molar-refractivity contribution in [3.05, 3.63) is 41.0 Å². The summed E-state index contributed by atoms with van der Waals surface area (Å²) in [5, 5.41) is 0. The van der Waals surface area contributed by atoms with Gasteiger partial charge in [-0.15, -0.1) is 0 Å². The molecule has 0 aliphatic heterocycles. The minimum Gasteiger partial charge on any atom is -0.496 e. The number of hydrogen-bond donors (Lipinski definition) is 1. The van der Waals surface area contributed by atoms with Crippen LogP contribution in [-0.4, -0.2) is 14.2 Å². The lowest BCUT2D eigenvalue weighted by Crippen LogP contribution is -1.97. The number of nitrogen functional groups attached to an aromatic ring is 1. The van der Waals surface area contributed by atoms with Crippen molar-refractivity contribution in [1.29, 1.82) is 0 Å². The van der Waals surface area contributed by atoms with Crippen molar-refractivity contribution < 1.29 is 9.47 Å². The zero-order chi connectivity index (χ0) is 14.9. The molecule has 2 aromatic carbocycles. The Morgan fingerprint density at radius 3 is 1.50 bits per heavy atom. The molecule has 0 radical (unpaired) electrons. The number of benzene rings is 2. The lowest BCUT2D eigenvalue weighted by atomic mass is 9.97. The zero-order valence-corrected chi connectivity index (χ0v) is 12.7. The van der Waals surface area contributed by atoms with Crippen LogP contribution in [0.25, 0.3) is 11.1 Å². The fourth-order valence-electron chi connectivity index (χ4n) is 2.69. The third-order valence-electron chi connectivity index (χ3n) is 3.51. The normalized spacial score (nSPS) is 10.4. The maximum Gasteiger partial charge on any atom is 0.144 e. The zero-order valence-electron chi connectivity index (χ0n) is 12.7. The van der Waals surface area contributed by atoms with E-state index >= 15 is 0 Å². The van der Waals surface area contributed by atoms with E-state index < -0.39 is 0 Å². The predicted octanol–water partition coefficient (Wildman–Crippen LogP) is 3.88.